The lowest BCUT2D eigenvalue weighted by Gasteiger charge is -2.09. The Labute approximate surface area is 162 Å². The summed E-state index contributed by atoms with van der Waals surface area (Å²) in [7, 11) is 0. The molecular formula is C22H19FN2O3. The number of carbonyl (C=O) groups is 2. The molecule has 0 unspecified atom stereocenters. The number of amides is 2. The third kappa shape index (κ3) is 5.67. The lowest BCUT2D eigenvalue weighted by atomic mass is 10.0. The average molecular weight is 378 g/mol. The van der Waals surface area contributed by atoms with Crippen LogP contribution in [0.4, 0.5) is 4.39 Å². The highest BCUT2D eigenvalue weighted by Crippen LogP contribution is 2.19. The van der Waals surface area contributed by atoms with Crippen LogP contribution < -0.4 is 15.6 Å². The fourth-order valence-corrected chi connectivity index (χ4v) is 2.56. The molecule has 0 aliphatic heterocycles. The first-order valence-corrected chi connectivity index (χ1v) is 8.70. The van der Waals surface area contributed by atoms with E-state index in [1.54, 1.807) is 0 Å². The molecule has 28 heavy (non-hydrogen) atoms. The van der Waals surface area contributed by atoms with Crippen LogP contribution in [0.15, 0.2) is 78.9 Å². The molecule has 0 radical (unpaired) electrons. The van der Waals surface area contributed by atoms with Crippen LogP contribution in [0, 0.1) is 5.82 Å². The van der Waals surface area contributed by atoms with Crippen LogP contribution in [-0.4, -0.2) is 18.4 Å². The van der Waals surface area contributed by atoms with E-state index in [9.17, 15) is 14.0 Å². The van der Waals surface area contributed by atoms with E-state index in [2.05, 4.69) is 10.9 Å². The molecular weight excluding hydrogens is 359 g/mol. The summed E-state index contributed by atoms with van der Waals surface area (Å²) in [5.74, 6) is -1.12. The van der Waals surface area contributed by atoms with Gasteiger partial charge >= 0.3 is 0 Å². The minimum absolute atomic E-state index is 0.125. The molecule has 0 aliphatic carbocycles. The predicted molar refractivity (Wildman–Crippen MR) is 104 cm³/mol. The summed E-state index contributed by atoms with van der Waals surface area (Å²) < 4.78 is 18.2. The van der Waals surface area contributed by atoms with Gasteiger partial charge < -0.3 is 4.74 Å². The molecule has 6 heteroatoms. The summed E-state index contributed by atoms with van der Waals surface area (Å²) in [6, 6.07) is 23.0. The van der Waals surface area contributed by atoms with Crippen LogP contribution in [0.1, 0.15) is 5.56 Å². The number of hydrogen-bond donors (Lipinski definition) is 2. The quantitative estimate of drug-likeness (QED) is 0.647. The number of ether oxygens (including phenoxy) is 1. The van der Waals surface area contributed by atoms with Crippen molar-refractivity contribution in [1.82, 2.24) is 10.9 Å². The molecule has 0 bridgehead atoms. The molecule has 2 amide bonds. The first kappa shape index (κ1) is 19.1. The van der Waals surface area contributed by atoms with E-state index >= 15 is 0 Å². The van der Waals surface area contributed by atoms with E-state index < -0.39 is 11.7 Å². The van der Waals surface area contributed by atoms with Gasteiger partial charge in [0.15, 0.2) is 6.61 Å². The summed E-state index contributed by atoms with van der Waals surface area (Å²) in [6.45, 7) is -0.338. The van der Waals surface area contributed by atoms with Crippen molar-refractivity contribution in [3.63, 3.8) is 0 Å². The maximum absolute atomic E-state index is 13.0. The molecule has 0 fully saturated rings. The Morgan fingerprint density at radius 2 is 1.46 bits per heavy atom. The van der Waals surface area contributed by atoms with Gasteiger partial charge in [-0.15, -0.1) is 0 Å². The number of hydrogen-bond acceptors (Lipinski definition) is 3. The van der Waals surface area contributed by atoms with Crippen LogP contribution in [-0.2, 0) is 16.0 Å². The Morgan fingerprint density at radius 3 is 2.18 bits per heavy atom. The minimum atomic E-state index is -0.544. The van der Waals surface area contributed by atoms with Gasteiger partial charge in [-0.05, 0) is 28.8 Å². The van der Waals surface area contributed by atoms with Gasteiger partial charge in [0.25, 0.3) is 5.91 Å². The van der Waals surface area contributed by atoms with E-state index in [1.807, 2.05) is 54.6 Å². The summed E-state index contributed by atoms with van der Waals surface area (Å²) in [5.41, 5.74) is 7.59. The Balaban J connectivity index is 1.43. The van der Waals surface area contributed by atoms with Gasteiger partial charge in [-0.1, -0.05) is 60.7 Å². The second-order valence-corrected chi connectivity index (χ2v) is 6.08. The molecule has 0 saturated carbocycles. The normalized spacial score (nSPS) is 10.2. The van der Waals surface area contributed by atoms with E-state index in [0.29, 0.717) is 0 Å². The molecule has 0 saturated heterocycles. The smallest absolute Gasteiger partial charge is 0.276 e. The third-order valence-corrected chi connectivity index (χ3v) is 3.93. The van der Waals surface area contributed by atoms with Gasteiger partial charge in [0.1, 0.15) is 11.6 Å². The zero-order valence-corrected chi connectivity index (χ0v) is 15.0. The second-order valence-electron chi connectivity index (χ2n) is 6.08. The predicted octanol–water partition coefficient (Wildman–Crippen LogP) is 3.26. The average Bonchev–Trinajstić information content (AvgIpc) is 2.72. The zero-order valence-electron chi connectivity index (χ0n) is 15.0. The molecule has 2 N–H and O–H groups in total. The lowest BCUT2D eigenvalue weighted by Crippen LogP contribution is -2.44. The van der Waals surface area contributed by atoms with Crippen LogP contribution >= 0.6 is 0 Å². The molecule has 0 aliphatic rings. The van der Waals surface area contributed by atoms with Gasteiger partial charge in [0.2, 0.25) is 5.91 Å². The molecule has 5 nitrogen and oxygen atoms in total. The highest BCUT2D eigenvalue weighted by molar-refractivity contribution is 5.84. The topological polar surface area (TPSA) is 67.4 Å². The van der Waals surface area contributed by atoms with Gasteiger partial charge in [0, 0.05) is 6.07 Å². The Kier molecular flexibility index (Phi) is 6.36. The monoisotopic (exact) mass is 378 g/mol. The number of hydrazine groups is 1. The van der Waals surface area contributed by atoms with Crippen molar-refractivity contribution in [1.29, 1.82) is 0 Å². The zero-order chi connectivity index (χ0) is 19.8. The van der Waals surface area contributed by atoms with Gasteiger partial charge in [-0.3, -0.25) is 20.4 Å². The number of halogens is 1. The number of rotatable bonds is 6. The third-order valence-electron chi connectivity index (χ3n) is 3.93. The van der Waals surface area contributed by atoms with Crippen molar-refractivity contribution >= 4 is 11.8 Å². The fraction of sp³-hybridized carbons (Fsp3) is 0.0909. The summed E-state index contributed by atoms with van der Waals surface area (Å²) in [5, 5.41) is 0. The molecule has 0 heterocycles. The molecule has 3 aromatic carbocycles. The van der Waals surface area contributed by atoms with Crippen molar-refractivity contribution in [3.05, 3.63) is 90.2 Å². The SMILES string of the molecule is O=C(COc1cccc(F)c1)NNC(=O)Cc1ccc(-c2ccccc2)cc1. The first-order chi connectivity index (χ1) is 13.6. The van der Waals surface area contributed by atoms with Crippen molar-refractivity contribution < 1.29 is 18.7 Å². The van der Waals surface area contributed by atoms with E-state index in [-0.39, 0.29) is 24.7 Å². The largest absolute Gasteiger partial charge is 0.484 e. The van der Waals surface area contributed by atoms with Crippen molar-refractivity contribution in [2.75, 3.05) is 6.61 Å². The Bertz CT molecular complexity index is 944. The Hall–Kier alpha value is -3.67. The highest BCUT2D eigenvalue weighted by Gasteiger charge is 2.07. The van der Waals surface area contributed by atoms with E-state index in [4.69, 9.17) is 4.74 Å². The minimum Gasteiger partial charge on any atom is -0.484 e. The molecule has 3 rings (SSSR count). The molecule has 3 aromatic rings. The number of carbonyl (C=O) groups excluding carboxylic acids is 2. The molecule has 0 atom stereocenters. The highest BCUT2D eigenvalue weighted by atomic mass is 19.1. The maximum atomic E-state index is 13.0. The summed E-state index contributed by atoms with van der Waals surface area (Å²) in [4.78, 5) is 23.7. The van der Waals surface area contributed by atoms with Crippen molar-refractivity contribution in [2.45, 2.75) is 6.42 Å². The Morgan fingerprint density at radius 1 is 0.786 bits per heavy atom. The van der Waals surface area contributed by atoms with Crippen LogP contribution in [0.5, 0.6) is 5.75 Å². The van der Waals surface area contributed by atoms with Crippen molar-refractivity contribution in [3.8, 4) is 16.9 Å². The number of nitrogens with one attached hydrogen (secondary N) is 2. The first-order valence-electron chi connectivity index (χ1n) is 8.70. The standard InChI is InChI=1S/C22H19FN2O3/c23-19-7-4-8-20(14-19)28-15-22(27)25-24-21(26)13-16-9-11-18(12-10-16)17-5-2-1-3-6-17/h1-12,14H,13,15H2,(H,24,26)(H,25,27). The van der Waals surface area contributed by atoms with Crippen LogP contribution in [0.3, 0.4) is 0 Å². The van der Waals surface area contributed by atoms with E-state index in [1.165, 1.54) is 24.3 Å². The summed E-state index contributed by atoms with van der Waals surface area (Å²) in [6.07, 6.45) is 0.125. The molecule has 0 aromatic heterocycles. The molecule has 142 valence electrons. The van der Waals surface area contributed by atoms with Gasteiger partial charge in [-0.25, -0.2) is 4.39 Å². The van der Waals surface area contributed by atoms with Gasteiger partial charge in [0.05, 0.1) is 6.42 Å². The van der Waals surface area contributed by atoms with Crippen LogP contribution in [0.25, 0.3) is 11.1 Å². The lowest BCUT2D eigenvalue weighted by molar-refractivity contribution is -0.129. The number of benzene rings is 3. The van der Waals surface area contributed by atoms with Gasteiger partial charge in [-0.2, -0.15) is 0 Å². The summed E-state index contributed by atoms with van der Waals surface area (Å²) >= 11 is 0. The fourth-order valence-electron chi connectivity index (χ4n) is 2.56. The van der Waals surface area contributed by atoms with Crippen molar-refractivity contribution in [2.24, 2.45) is 0 Å². The second kappa shape index (κ2) is 9.32. The maximum Gasteiger partial charge on any atom is 0.276 e. The van der Waals surface area contributed by atoms with E-state index in [0.717, 1.165) is 16.7 Å². The molecule has 0 spiro atoms. The van der Waals surface area contributed by atoms with Crippen LogP contribution in [0.2, 0.25) is 0 Å².